The first-order valence-electron chi connectivity index (χ1n) is 7.61. The number of carboxylic acid groups (broad SMARTS) is 1. The summed E-state index contributed by atoms with van der Waals surface area (Å²) >= 11 is 0. The summed E-state index contributed by atoms with van der Waals surface area (Å²) in [4.78, 5) is 10.9. The Kier molecular flexibility index (Phi) is 6.17. The zero-order valence-electron chi connectivity index (χ0n) is 13.4. The van der Waals surface area contributed by atoms with Gasteiger partial charge in [0.05, 0.1) is 32.3 Å². The van der Waals surface area contributed by atoms with Gasteiger partial charge in [0.25, 0.3) is 0 Å². The summed E-state index contributed by atoms with van der Waals surface area (Å²) in [6, 6.07) is 9.92. The molecular formula is C17H22N2O4. The Morgan fingerprint density at radius 3 is 2.70 bits per heavy atom. The van der Waals surface area contributed by atoms with E-state index in [4.69, 9.17) is 14.6 Å². The third kappa shape index (κ3) is 5.75. The normalized spacial score (nSPS) is 10.9. The summed E-state index contributed by atoms with van der Waals surface area (Å²) in [7, 11) is 0. The minimum atomic E-state index is -0.904. The molecule has 0 saturated heterocycles. The van der Waals surface area contributed by atoms with Crippen LogP contribution in [0.2, 0.25) is 0 Å². The van der Waals surface area contributed by atoms with Gasteiger partial charge < -0.3 is 14.6 Å². The van der Waals surface area contributed by atoms with Crippen molar-refractivity contribution >= 4 is 5.97 Å². The Labute approximate surface area is 135 Å². The average Bonchev–Trinajstić information content (AvgIpc) is 2.85. The van der Waals surface area contributed by atoms with Gasteiger partial charge in [0.15, 0.2) is 0 Å². The first-order chi connectivity index (χ1) is 11.0. The molecule has 23 heavy (non-hydrogen) atoms. The van der Waals surface area contributed by atoms with Crippen LogP contribution < -0.4 is 4.74 Å². The van der Waals surface area contributed by atoms with Crippen LogP contribution in [0, 0.1) is 0 Å². The Balaban J connectivity index is 1.89. The van der Waals surface area contributed by atoms with Crippen LogP contribution in [0.1, 0.15) is 25.0 Å². The minimum Gasteiger partial charge on any atom is -0.481 e. The molecule has 0 aliphatic heterocycles. The van der Waals surface area contributed by atoms with E-state index in [1.807, 2.05) is 44.2 Å². The number of aliphatic carboxylic acids is 1. The second-order valence-corrected chi connectivity index (χ2v) is 5.50. The number of benzene rings is 1. The fourth-order valence-electron chi connectivity index (χ4n) is 2.09. The Morgan fingerprint density at radius 2 is 2.04 bits per heavy atom. The molecule has 0 aliphatic rings. The van der Waals surface area contributed by atoms with Crippen LogP contribution in [0.5, 0.6) is 5.88 Å². The molecule has 124 valence electrons. The van der Waals surface area contributed by atoms with Crippen molar-refractivity contribution in [3.8, 4) is 5.88 Å². The quantitative estimate of drug-likeness (QED) is 0.719. The molecule has 1 heterocycles. The van der Waals surface area contributed by atoms with E-state index in [0.717, 1.165) is 5.56 Å². The lowest BCUT2D eigenvalue weighted by atomic mass is 10.2. The van der Waals surface area contributed by atoms with Crippen LogP contribution >= 0.6 is 0 Å². The molecule has 6 nitrogen and oxygen atoms in total. The molecule has 0 bridgehead atoms. The zero-order valence-corrected chi connectivity index (χ0v) is 13.4. The van der Waals surface area contributed by atoms with E-state index in [9.17, 15) is 4.79 Å². The number of hydrogen-bond acceptors (Lipinski definition) is 4. The summed E-state index contributed by atoms with van der Waals surface area (Å²) in [6.07, 6.45) is 1.55. The summed E-state index contributed by atoms with van der Waals surface area (Å²) in [5.74, 6) is -0.524. The Hall–Kier alpha value is -2.34. The van der Waals surface area contributed by atoms with Gasteiger partial charge in [0.2, 0.25) is 5.88 Å². The number of carbonyl (C=O) groups is 1. The van der Waals surface area contributed by atoms with Gasteiger partial charge in [-0.3, -0.25) is 9.48 Å². The summed E-state index contributed by atoms with van der Waals surface area (Å²) < 4.78 is 12.9. The molecule has 0 unspecified atom stereocenters. The highest BCUT2D eigenvalue weighted by atomic mass is 16.5. The maximum Gasteiger partial charge on any atom is 0.308 e. The van der Waals surface area contributed by atoms with Crippen molar-refractivity contribution < 1.29 is 19.4 Å². The molecule has 1 N–H and O–H groups in total. The van der Waals surface area contributed by atoms with Gasteiger partial charge in [0, 0.05) is 11.8 Å². The van der Waals surface area contributed by atoms with Crippen molar-refractivity contribution in [2.24, 2.45) is 0 Å². The van der Waals surface area contributed by atoms with Gasteiger partial charge in [-0.2, -0.15) is 0 Å². The second-order valence-electron chi connectivity index (χ2n) is 5.50. The van der Waals surface area contributed by atoms with E-state index in [2.05, 4.69) is 5.10 Å². The van der Waals surface area contributed by atoms with E-state index in [-0.39, 0.29) is 12.5 Å². The fourth-order valence-corrected chi connectivity index (χ4v) is 2.09. The first kappa shape index (κ1) is 17.0. The summed E-state index contributed by atoms with van der Waals surface area (Å²) in [5, 5.41) is 13.3. The summed E-state index contributed by atoms with van der Waals surface area (Å²) in [6.45, 7) is 5.34. The average molecular weight is 318 g/mol. The predicted octanol–water partition coefficient (Wildman–Crippen LogP) is 2.51. The predicted molar refractivity (Wildman–Crippen MR) is 85.4 cm³/mol. The highest BCUT2D eigenvalue weighted by Gasteiger charge is 2.14. The SMILES string of the molecule is CC(C)Oc1nn(CCOCc2ccccc2)cc1CC(=O)O. The van der Waals surface area contributed by atoms with E-state index in [0.29, 0.717) is 31.2 Å². The number of aromatic nitrogens is 2. The topological polar surface area (TPSA) is 73.6 Å². The molecule has 1 aromatic heterocycles. The lowest BCUT2D eigenvalue weighted by Gasteiger charge is -2.07. The van der Waals surface area contributed by atoms with Gasteiger partial charge in [-0.05, 0) is 19.4 Å². The highest BCUT2D eigenvalue weighted by Crippen LogP contribution is 2.18. The van der Waals surface area contributed by atoms with Crippen LogP contribution in [0.25, 0.3) is 0 Å². The van der Waals surface area contributed by atoms with Crippen molar-refractivity contribution in [1.82, 2.24) is 9.78 Å². The number of ether oxygens (including phenoxy) is 2. The highest BCUT2D eigenvalue weighted by molar-refractivity contribution is 5.70. The number of rotatable bonds is 9. The van der Waals surface area contributed by atoms with Crippen molar-refractivity contribution in [3.63, 3.8) is 0 Å². The van der Waals surface area contributed by atoms with E-state index >= 15 is 0 Å². The van der Waals surface area contributed by atoms with Gasteiger partial charge in [-0.25, -0.2) is 0 Å². The van der Waals surface area contributed by atoms with E-state index in [1.54, 1.807) is 10.9 Å². The second kappa shape index (κ2) is 8.33. The van der Waals surface area contributed by atoms with Gasteiger partial charge >= 0.3 is 5.97 Å². The van der Waals surface area contributed by atoms with Gasteiger partial charge in [-0.1, -0.05) is 30.3 Å². The molecule has 0 aliphatic carbocycles. The first-order valence-corrected chi connectivity index (χ1v) is 7.61. The molecule has 2 rings (SSSR count). The maximum absolute atomic E-state index is 10.9. The zero-order chi connectivity index (χ0) is 16.7. The molecule has 0 saturated carbocycles. The number of carboxylic acids is 1. The minimum absolute atomic E-state index is 0.0553. The van der Waals surface area contributed by atoms with Crippen molar-refractivity contribution in [2.75, 3.05) is 6.61 Å². The van der Waals surface area contributed by atoms with Gasteiger partial charge in [0.1, 0.15) is 0 Å². The lowest BCUT2D eigenvalue weighted by Crippen LogP contribution is -2.10. The molecule has 2 aromatic rings. The molecule has 0 amide bonds. The van der Waals surface area contributed by atoms with Crippen LogP contribution in [0.3, 0.4) is 0 Å². The lowest BCUT2D eigenvalue weighted by molar-refractivity contribution is -0.136. The van der Waals surface area contributed by atoms with Crippen molar-refractivity contribution in [3.05, 3.63) is 47.7 Å². The molecule has 0 spiro atoms. The molecule has 1 aromatic carbocycles. The fraction of sp³-hybridized carbons (Fsp3) is 0.412. The van der Waals surface area contributed by atoms with Crippen LogP contribution in [0.4, 0.5) is 0 Å². The Morgan fingerprint density at radius 1 is 1.30 bits per heavy atom. The van der Waals surface area contributed by atoms with Crippen LogP contribution in [0.15, 0.2) is 36.5 Å². The molecule has 0 atom stereocenters. The van der Waals surface area contributed by atoms with Crippen LogP contribution in [-0.4, -0.2) is 33.6 Å². The third-order valence-electron chi connectivity index (χ3n) is 3.06. The van der Waals surface area contributed by atoms with Crippen molar-refractivity contribution in [2.45, 2.75) is 39.5 Å². The van der Waals surface area contributed by atoms with Crippen molar-refractivity contribution in [1.29, 1.82) is 0 Å². The van der Waals surface area contributed by atoms with E-state index in [1.165, 1.54) is 0 Å². The monoisotopic (exact) mass is 318 g/mol. The van der Waals surface area contributed by atoms with Crippen LogP contribution in [-0.2, 0) is 29.1 Å². The molecule has 0 fully saturated rings. The molecule has 6 heteroatoms. The third-order valence-corrected chi connectivity index (χ3v) is 3.06. The van der Waals surface area contributed by atoms with Gasteiger partial charge in [-0.15, -0.1) is 5.10 Å². The smallest absolute Gasteiger partial charge is 0.308 e. The molecular weight excluding hydrogens is 296 g/mol. The summed E-state index contributed by atoms with van der Waals surface area (Å²) in [5.41, 5.74) is 1.69. The maximum atomic E-state index is 10.9. The largest absolute Gasteiger partial charge is 0.481 e. The Bertz CT molecular complexity index is 623. The molecule has 0 radical (unpaired) electrons. The number of hydrogen-bond donors (Lipinski definition) is 1. The number of nitrogens with zero attached hydrogens (tertiary/aromatic N) is 2. The standard InChI is InChI=1S/C17H22N2O4/c1-13(2)23-17-15(10-16(20)21)11-19(18-17)8-9-22-12-14-6-4-3-5-7-14/h3-7,11,13H,8-10,12H2,1-2H3,(H,20,21). The van der Waals surface area contributed by atoms with E-state index < -0.39 is 5.97 Å².